The molecule has 1 aliphatic carbocycles. The van der Waals surface area contributed by atoms with Gasteiger partial charge in [-0.05, 0) is 38.3 Å². The van der Waals surface area contributed by atoms with Crippen molar-refractivity contribution in [3.63, 3.8) is 0 Å². The standard InChI is InChI=1S/C15H25N5O/c16-15(18-21)14-7-3-4-9-19(14)11-12-8-10-20(17-12)13-5-1-2-6-13/h8,10,13-14,21H,1-7,9,11H2,(H2,16,18). The Balaban J connectivity index is 1.66. The van der Waals surface area contributed by atoms with Gasteiger partial charge in [0.1, 0.15) is 0 Å². The van der Waals surface area contributed by atoms with E-state index in [1.165, 1.54) is 32.1 Å². The lowest BCUT2D eigenvalue weighted by atomic mass is 10.0. The molecule has 3 rings (SSSR count). The van der Waals surface area contributed by atoms with Gasteiger partial charge in [-0.25, -0.2) is 0 Å². The van der Waals surface area contributed by atoms with Gasteiger partial charge in [0.2, 0.25) is 0 Å². The van der Waals surface area contributed by atoms with Crippen LogP contribution in [0.1, 0.15) is 56.7 Å². The van der Waals surface area contributed by atoms with Gasteiger partial charge in [-0.3, -0.25) is 9.58 Å². The highest BCUT2D eigenvalue weighted by molar-refractivity contribution is 5.85. The van der Waals surface area contributed by atoms with Gasteiger partial charge in [0.15, 0.2) is 5.84 Å². The predicted octanol–water partition coefficient (Wildman–Crippen LogP) is 2.10. The van der Waals surface area contributed by atoms with Crippen molar-refractivity contribution in [1.29, 1.82) is 0 Å². The maximum atomic E-state index is 8.94. The molecule has 1 saturated carbocycles. The van der Waals surface area contributed by atoms with E-state index in [1.54, 1.807) is 0 Å². The summed E-state index contributed by atoms with van der Waals surface area (Å²) >= 11 is 0. The largest absolute Gasteiger partial charge is 0.409 e. The minimum atomic E-state index is 0.0420. The highest BCUT2D eigenvalue weighted by Crippen LogP contribution is 2.29. The van der Waals surface area contributed by atoms with E-state index in [2.05, 4.69) is 27.0 Å². The molecule has 1 unspecified atom stereocenters. The van der Waals surface area contributed by atoms with Crippen molar-refractivity contribution in [3.8, 4) is 0 Å². The van der Waals surface area contributed by atoms with Crippen LogP contribution in [0, 0.1) is 0 Å². The van der Waals surface area contributed by atoms with E-state index < -0.39 is 0 Å². The van der Waals surface area contributed by atoms with E-state index >= 15 is 0 Å². The number of amidine groups is 1. The maximum Gasteiger partial charge on any atom is 0.156 e. The first-order valence-corrected chi connectivity index (χ1v) is 8.03. The van der Waals surface area contributed by atoms with Gasteiger partial charge >= 0.3 is 0 Å². The first-order valence-electron chi connectivity index (χ1n) is 8.03. The molecule has 2 aliphatic rings. The van der Waals surface area contributed by atoms with Crippen molar-refractivity contribution >= 4 is 5.84 Å². The molecule has 0 amide bonds. The molecule has 1 aliphatic heterocycles. The van der Waals surface area contributed by atoms with E-state index in [-0.39, 0.29) is 6.04 Å². The Labute approximate surface area is 125 Å². The topological polar surface area (TPSA) is 79.7 Å². The zero-order chi connectivity index (χ0) is 14.7. The molecule has 21 heavy (non-hydrogen) atoms. The summed E-state index contributed by atoms with van der Waals surface area (Å²) < 4.78 is 2.13. The Morgan fingerprint density at radius 3 is 2.81 bits per heavy atom. The molecule has 1 atom stereocenters. The van der Waals surface area contributed by atoms with Crippen molar-refractivity contribution < 1.29 is 5.21 Å². The third-order valence-corrected chi connectivity index (χ3v) is 4.80. The Morgan fingerprint density at radius 2 is 2.05 bits per heavy atom. The van der Waals surface area contributed by atoms with Gasteiger partial charge in [-0.15, -0.1) is 0 Å². The van der Waals surface area contributed by atoms with Crippen LogP contribution in [0.25, 0.3) is 0 Å². The van der Waals surface area contributed by atoms with E-state index in [9.17, 15) is 0 Å². The monoisotopic (exact) mass is 291 g/mol. The van der Waals surface area contributed by atoms with Crippen LogP contribution in [0.3, 0.4) is 0 Å². The second-order valence-corrected chi connectivity index (χ2v) is 6.23. The van der Waals surface area contributed by atoms with Gasteiger partial charge < -0.3 is 10.9 Å². The summed E-state index contributed by atoms with van der Waals surface area (Å²) in [6.45, 7) is 1.76. The molecule has 1 saturated heterocycles. The van der Waals surface area contributed by atoms with Crippen LogP contribution in [0.5, 0.6) is 0 Å². The van der Waals surface area contributed by atoms with Gasteiger partial charge in [0, 0.05) is 12.7 Å². The molecule has 3 N–H and O–H groups in total. The summed E-state index contributed by atoms with van der Waals surface area (Å²) in [4.78, 5) is 2.28. The second-order valence-electron chi connectivity index (χ2n) is 6.23. The summed E-state index contributed by atoms with van der Waals surface area (Å²) in [5.41, 5.74) is 6.91. The summed E-state index contributed by atoms with van der Waals surface area (Å²) in [5, 5.41) is 16.9. The molecule has 0 spiro atoms. The van der Waals surface area contributed by atoms with Crippen LogP contribution in [0.2, 0.25) is 0 Å². The quantitative estimate of drug-likeness (QED) is 0.385. The first kappa shape index (κ1) is 14.4. The molecular formula is C15H25N5O. The molecule has 0 aromatic carbocycles. The lowest BCUT2D eigenvalue weighted by Gasteiger charge is -2.34. The fraction of sp³-hybridized carbons (Fsp3) is 0.733. The summed E-state index contributed by atoms with van der Waals surface area (Å²) in [6.07, 6.45) is 10.5. The first-order chi connectivity index (χ1) is 10.3. The molecule has 0 radical (unpaired) electrons. The third-order valence-electron chi connectivity index (χ3n) is 4.80. The van der Waals surface area contributed by atoms with Gasteiger partial charge in [0.05, 0.1) is 17.8 Å². The molecule has 0 bridgehead atoms. The maximum absolute atomic E-state index is 8.94. The van der Waals surface area contributed by atoms with Crippen molar-refractivity contribution in [3.05, 3.63) is 18.0 Å². The number of oxime groups is 1. The molecule has 1 aromatic heterocycles. The zero-order valence-electron chi connectivity index (χ0n) is 12.5. The molecule has 6 nitrogen and oxygen atoms in total. The van der Waals surface area contributed by atoms with Crippen LogP contribution >= 0.6 is 0 Å². The van der Waals surface area contributed by atoms with E-state index in [0.29, 0.717) is 11.9 Å². The minimum Gasteiger partial charge on any atom is -0.409 e. The zero-order valence-corrected chi connectivity index (χ0v) is 12.5. The third kappa shape index (κ3) is 3.20. The van der Waals surface area contributed by atoms with Crippen molar-refractivity contribution in [2.75, 3.05) is 6.54 Å². The number of rotatable bonds is 4. The van der Waals surface area contributed by atoms with Crippen LogP contribution in [-0.4, -0.2) is 38.3 Å². The van der Waals surface area contributed by atoms with Crippen molar-refractivity contribution in [2.45, 2.75) is 63.6 Å². The van der Waals surface area contributed by atoms with Crippen molar-refractivity contribution in [2.24, 2.45) is 10.9 Å². The number of hydrogen-bond donors (Lipinski definition) is 2. The molecule has 116 valence electrons. The average Bonchev–Trinajstić information content (AvgIpc) is 3.18. The lowest BCUT2D eigenvalue weighted by Crippen LogP contribution is -2.47. The van der Waals surface area contributed by atoms with E-state index in [1.807, 2.05) is 0 Å². The van der Waals surface area contributed by atoms with Crippen LogP contribution < -0.4 is 5.73 Å². The van der Waals surface area contributed by atoms with E-state index in [0.717, 1.165) is 31.6 Å². The van der Waals surface area contributed by atoms with Crippen LogP contribution in [-0.2, 0) is 6.54 Å². The summed E-state index contributed by atoms with van der Waals surface area (Å²) in [5.74, 6) is 0.324. The normalized spacial score (nSPS) is 25.5. The minimum absolute atomic E-state index is 0.0420. The predicted molar refractivity (Wildman–Crippen MR) is 81.2 cm³/mol. The van der Waals surface area contributed by atoms with Gasteiger partial charge in [-0.1, -0.05) is 24.4 Å². The van der Waals surface area contributed by atoms with Crippen LogP contribution in [0.4, 0.5) is 0 Å². The summed E-state index contributed by atoms with van der Waals surface area (Å²) in [6, 6.07) is 2.73. The Kier molecular flexibility index (Phi) is 4.43. The SMILES string of the molecule is NC(=NO)C1CCCCN1Cc1ccn(C2CCCC2)n1. The molecular weight excluding hydrogens is 266 g/mol. The Bertz CT molecular complexity index is 492. The van der Waals surface area contributed by atoms with Gasteiger partial charge in [0.25, 0.3) is 0 Å². The fourth-order valence-corrected chi connectivity index (χ4v) is 3.62. The number of piperidine rings is 1. The lowest BCUT2D eigenvalue weighted by molar-refractivity contribution is 0.175. The number of nitrogens with two attached hydrogens (primary N) is 1. The second kappa shape index (κ2) is 6.47. The molecule has 1 aromatic rings. The fourth-order valence-electron chi connectivity index (χ4n) is 3.62. The number of hydrogen-bond acceptors (Lipinski definition) is 4. The van der Waals surface area contributed by atoms with Crippen LogP contribution in [0.15, 0.2) is 17.4 Å². The number of nitrogens with zero attached hydrogens (tertiary/aromatic N) is 4. The Morgan fingerprint density at radius 1 is 1.29 bits per heavy atom. The molecule has 2 fully saturated rings. The highest BCUT2D eigenvalue weighted by Gasteiger charge is 2.27. The molecule has 2 heterocycles. The number of aromatic nitrogens is 2. The summed E-state index contributed by atoms with van der Waals surface area (Å²) in [7, 11) is 0. The molecule has 6 heteroatoms. The Hall–Kier alpha value is -1.56. The smallest absolute Gasteiger partial charge is 0.156 e. The van der Waals surface area contributed by atoms with Crippen molar-refractivity contribution in [1.82, 2.24) is 14.7 Å². The average molecular weight is 291 g/mol. The van der Waals surface area contributed by atoms with Gasteiger partial charge in [-0.2, -0.15) is 5.10 Å². The highest BCUT2D eigenvalue weighted by atomic mass is 16.4. The van der Waals surface area contributed by atoms with E-state index in [4.69, 9.17) is 16.0 Å². The number of likely N-dealkylation sites (tertiary alicyclic amines) is 1.